The number of benzene rings is 2. The standard InChI is InChI=1S/C26H27FN2/c1-3-7-22-18-28-26(29-19-22)25-16-14-24(15-17-25)23-12-10-21(11-13-23)9-6-4-5-8-20(2)27/h3,6,9-20H,1,4-5,7-8H2,2H3. The van der Waals surface area contributed by atoms with Gasteiger partial charge in [-0.15, -0.1) is 6.58 Å². The minimum atomic E-state index is -0.711. The fourth-order valence-electron chi connectivity index (χ4n) is 3.11. The Labute approximate surface area is 172 Å². The van der Waals surface area contributed by atoms with Crippen molar-refractivity contribution in [3.8, 4) is 22.5 Å². The molecule has 29 heavy (non-hydrogen) atoms. The molecule has 0 saturated heterocycles. The van der Waals surface area contributed by atoms with Gasteiger partial charge in [0.25, 0.3) is 0 Å². The quantitative estimate of drug-likeness (QED) is 0.290. The number of alkyl halides is 1. The van der Waals surface area contributed by atoms with Crippen molar-refractivity contribution in [3.05, 3.63) is 90.8 Å². The summed E-state index contributed by atoms with van der Waals surface area (Å²) in [5.74, 6) is 0.729. The smallest absolute Gasteiger partial charge is 0.159 e. The highest BCUT2D eigenvalue weighted by Crippen LogP contribution is 2.24. The van der Waals surface area contributed by atoms with E-state index in [9.17, 15) is 4.39 Å². The highest BCUT2D eigenvalue weighted by Gasteiger charge is 2.03. The van der Waals surface area contributed by atoms with E-state index in [2.05, 4.69) is 77.2 Å². The van der Waals surface area contributed by atoms with E-state index in [1.165, 1.54) is 5.56 Å². The predicted octanol–water partition coefficient (Wildman–Crippen LogP) is 7.08. The van der Waals surface area contributed by atoms with Gasteiger partial charge in [-0.1, -0.05) is 66.8 Å². The Morgan fingerprint density at radius 3 is 2.10 bits per heavy atom. The van der Waals surface area contributed by atoms with E-state index in [1.807, 2.05) is 18.5 Å². The molecule has 1 aromatic heterocycles. The number of rotatable bonds is 9. The van der Waals surface area contributed by atoms with Gasteiger partial charge in [0, 0.05) is 18.0 Å². The summed E-state index contributed by atoms with van der Waals surface area (Å²) in [6, 6.07) is 16.8. The second-order valence-corrected chi connectivity index (χ2v) is 7.22. The summed E-state index contributed by atoms with van der Waals surface area (Å²) >= 11 is 0. The molecule has 1 heterocycles. The van der Waals surface area contributed by atoms with E-state index in [0.29, 0.717) is 6.42 Å². The van der Waals surface area contributed by atoms with Crippen LogP contribution in [0.4, 0.5) is 4.39 Å². The minimum absolute atomic E-state index is 0.628. The Kier molecular flexibility index (Phi) is 7.46. The van der Waals surface area contributed by atoms with Crippen LogP contribution in [-0.4, -0.2) is 16.1 Å². The highest BCUT2D eigenvalue weighted by atomic mass is 19.1. The summed E-state index contributed by atoms with van der Waals surface area (Å²) in [6.45, 7) is 5.35. The van der Waals surface area contributed by atoms with Crippen LogP contribution in [0.2, 0.25) is 0 Å². The van der Waals surface area contributed by atoms with Crippen LogP contribution in [0, 0.1) is 0 Å². The Bertz CT molecular complexity index is 924. The van der Waals surface area contributed by atoms with Gasteiger partial charge in [-0.05, 0) is 54.9 Å². The average Bonchev–Trinajstić information content (AvgIpc) is 2.75. The molecule has 0 spiro atoms. The lowest BCUT2D eigenvalue weighted by Crippen LogP contribution is -1.91. The minimum Gasteiger partial charge on any atom is -0.248 e. The Morgan fingerprint density at radius 2 is 1.52 bits per heavy atom. The normalized spacial score (nSPS) is 12.2. The predicted molar refractivity (Wildman–Crippen MR) is 120 cm³/mol. The zero-order chi connectivity index (χ0) is 20.5. The first-order valence-corrected chi connectivity index (χ1v) is 10.1. The van der Waals surface area contributed by atoms with Crippen molar-refractivity contribution >= 4 is 6.08 Å². The molecular weight excluding hydrogens is 359 g/mol. The fraction of sp³-hybridized carbons (Fsp3) is 0.231. The number of unbranched alkanes of at least 4 members (excludes halogenated alkanes) is 1. The van der Waals surface area contributed by atoms with Crippen LogP contribution >= 0.6 is 0 Å². The van der Waals surface area contributed by atoms with E-state index in [0.717, 1.165) is 47.3 Å². The number of halogens is 1. The molecule has 2 nitrogen and oxygen atoms in total. The third-order valence-electron chi connectivity index (χ3n) is 4.76. The van der Waals surface area contributed by atoms with Crippen molar-refractivity contribution < 1.29 is 4.39 Å². The molecule has 1 atom stereocenters. The van der Waals surface area contributed by atoms with Crippen LogP contribution in [0.25, 0.3) is 28.6 Å². The first kappa shape index (κ1) is 20.7. The summed E-state index contributed by atoms with van der Waals surface area (Å²) in [5.41, 5.74) is 5.55. The molecule has 148 valence electrons. The lowest BCUT2D eigenvalue weighted by atomic mass is 10.0. The summed E-state index contributed by atoms with van der Waals surface area (Å²) in [4.78, 5) is 8.89. The molecule has 3 heteroatoms. The molecule has 3 rings (SSSR count). The molecule has 0 N–H and O–H groups in total. The van der Waals surface area contributed by atoms with Gasteiger partial charge in [0.1, 0.15) is 0 Å². The molecule has 0 saturated carbocycles. The van der Waals surface area contributed by atoms with Crippen molar-refractivity contribution in [2.75, 3.05) is 0 Å². The molecule has 0 fully saturated rings. The van der Waals surface area contributed by atoms with E-state index in [1.54, 1.807) is 6.92 Å². The molecule has 0 radical (unpaired) electrons. The van der Waals surface area contributed by atoms with Crippen LogP contribution in [0.1, 0.15) is 37.3 Å². The second kappa shape index (κ2) is 10.5. The number of allylic oxidation sites excluding steroid dienone is 2. The summed E-state index contributed by atoms with van der Waals surface area (Å²) < 4.78 is 12.8. The van der Waals surface area contributed by atoms with Gasteiger partial charge in [-0.25, -0.2) is 14.4 Å². The molecule has 0 aliphatic rings. The molecule has 0 bridgehead atoms. The number of hydrogen-bond donors (Lipinski definition) is 0. The van der Waals surface area contributed by atoms with Gasteiger partial charge in [-0.3, -0.25) is 0 Å². The maximum Gasteiger partial charge on any atom is 0.159 e. The van der Waals surface area contributed by atoms with Crippen LogP contribution in [0.15, 0.2) is 79.7 Å². The van der Waals surface area contributed by atoms with Crippen LogP contribution in [0.5, 0.6) is 0 Å². The van der Waals surface area contributed by atoms with Crippen molar-refractivity contribution in [1.29, 1.82) is 0 Å². The van der Waals surface area contributed by atoms with E-state index in [4.69, 9.17) is 0 Å². The Morgan fingerprint density at radius 1 is 0.931 bits per heavy atom. The molecule has 1 unspecified atom stereocenters. The van der Waals surface area contributed by atoms with E-state index >= 15 is 0 Å². The summed E-state index contributed by atoms with van der Waals surface area (Å²) in [7, 11) is 0. The van der Waals surface area contributed by atoms with E-state index in [-0.39, 0.29) is 0 Å². The van der Waals surface area contributed by atoms with E-state index < -0.39 is 6.17 Å². The maximum absolute atomic E-state index is 12.8. The number of hydrogen-bond acceptors (Lipinski definition) is 2. The zero-order valence-electron chi connectivity index (χ0n) is 16.9. The third-order valence-corrected chi connectivity index (χ3v) is 4.76. The van der Waals surface area contributed by atoms with Gasteiger partial charge in [0.05, 0.1) is 6.17 Å². The van der Waals surface area contributed by atoms with Crippen molar-refractivity contribution in [1.82, 2.24) is 9.97 Å². The van der Waals surface area contributed by atoms with Crippen LogP contribution in [-0.2, 0) is 6.42 Å². The van der Waals surface area contributed by atoms with Gasteiger partial charge in [0.15, 0.2) is 5.82 Å². The second-order valence-electron chi connectivity index (χ2n) is 7.22. The van der Waals surface area contributed by atoms with Gasteiger partial charge < -0.3 is 0 Å². The average molecular weight is 387 g/mol. The highest BCUT2D eigenvalue weighted by molar-refractivity contribution is 5.69. The van der Waals surface area contributed by atoms with Crippen molar-refractivity contribution in [3.63, 3.8) is 0 Å². The lowest BCUT2D eigenvalue weighted by Gasteiger charge is -2.05. The largest absolute Gasteiger partial charge is 0.248 e. The number of aromatic nitrogens is 2. The van der Waals surface area contributed by atoms with Crippen LogP contribution in [0.3, 0.4) is 0 Å². The fourth-order valence-corrected chi connectivity index (χ4v) is 3.11. The van der Waals surface area contributed by atoms with Crippen molar-refractivity contribution in [2.24, 2.45) is 0 Å². The molecule has 3 aromatic rings. The molecule has 0 amide bonds. The van der Waals surface area contributed by atoms with Crippen molar-refractivity contribution in [2.45, 2.75) is 38.8 Å². The monoisotopic (exact) mass is 386 g/mol. The third kappa shape index (κ3) is 6.21. The first-order chi connectivity index (χ1) is 14.2. The Hall–Kier alpha value is -3.07. The first-order valence-electron chi connectivity index (χ1n) is 10.1. The SMILES string of the molecule is C=CCc1cnc(-c2ccc(-c3ccc(C=CCCCC(C)F)cc3)cc2)nc1. The molecule has 2 aromatic carbocycles. The summed E-state index contributed by atoms with van der Waals surface area (Å²) in [6.07, 6.45) is 12.3. The Balaban J connectivity index is 1.62. The van der Waals surface area contributed by atoms with Crippen LogP contribution < -0.4 is 0 Å². The zero-order valence-corrected chi connectivity index (χ0v) is 16.9. The van der Waals surface area contributed by atoms with Gasteiger partial charge in [-0.2, -0.15) is 0 Å². The molecule has 0 aliphatic carbocycles. The molecular formula is C26H27FN2. The maximum atomic E-state index is 12.8. The van der Waals surface area contributed by atoms with Gasteiger partial charge >= 0.3 is 0 Å². The topological polar surface area (TPSA) is 25.8 Å². The lowest BCUT2D eigenvalue weighted by molar-refractivity contribution is 0.335. The number of nitrogens with zero attached hydrogens (tertiary/aromatic N) is 2. The van der Waals surface area contributed by atoms with Gasteiger partial charge in [0.2, 0.25) is 0 Å². The molecule has 0 aliphatic heterocycles. The summed E-state index contributed by atoms with van der Waals surface area (Å²) in [5, 5.41) is 0.